The number of carbonyl (C=O) groups excluding carboxylic acids is 2. The summed E-state index contributed by atoms with van der Waals surface area (Å²) in [4.78, 5) is 24.0. The molecule has 0 fully saturated rings. The quantitative estimate of drug-likeness (QED) is 0.409. The van der Waals surface area contributed by atoms with Gasteiger partial charge in [-0.25, -0.2) is 5.43 Å². The summed E-state index contributed by atoms with van der Waals surface area (Å²) in [6.45, 7) is -0.158. The highest BCUT2D eigenvalue weighted by molar-refractivity contribution is 6.33. The van der Waals surface area contributed by atoms with Crippen molar-refractivity contribution in [3.05, 3.63) is 94.0 Å². The number of hydrogen-bond acceptors (Lipinski definition) is 4. The first kappa shape index (κ1) is 21.4. The van der Waals surface area contributed by atoms with Crippen LogP contribution < -0.4 is 15.5 Å². The van der Waals surface area contributed by atoms with Crippen LogP contribution in [-0.2, 0) is 4.79 Å². The summed E-state index contributed by atoms with van der Waals surface area (Å²) in [6, 6.07) is 20.4. The second kappa shape index (κ2) is 10.4. The highest BCUT2D eigenvalue weighted by atomic mass is 35.5. The average molecular weight is 442 g/mol. The zero-order chi connectivity index (χ0) is 21.3. The summed E-state index contributed by atoms with van der Waals surface area (Å²) < 4.78 is 5.46. The van der Waals surface area contributed by atoms with Gasteiger partial charge in [-0.3, -0.25) is 9.59 Å². The Labute approximate surface area is 183 Å². The minimum absolute atomic E-state index is 0.158. The van der Waals surface area contributed by atoms with E-state index in [2.05, 4.69) is 15.8 Å². The first-order valence-corrected chi connectivity index (χ1v) is 9.63. The fourth-order valence-corrected chi connectivity index (χ4v) is 2.78. The summed E-state index contributed by atoms with van der Waals surface area (Å²) in [5.74, 6) is -0.167. The van der Waals surface area contributed by atoms with E-state index < -0.39 is 0 Å². The molecule has 152 valence electrons. The van der Waals surface area contributed by atoms with E-state index in [1.165, 1.54) is 6.21 Å². The van der Waals surface area contributed by atoms with Crippen molar-refractivity contribution < 1.29 is 14.3 Å². The number of rotatable bonds is 7. The van der Waals surface area contributed by atoms with E-state index in [4.69, 9.17) is 27.9 Å². The van der Waals surface area contributed by atoms with Crippen LogP contribution in [0, 0.1) is 0 Å². The summed E-state index contributed by atoms with van der Waals surface area (Å²) in [6.07, 6.45) is 1.50. The van der Waals surface area contributed by atoms with Crippen LogP contribution in [0.5, 0.6) is 5.75 Å². The van der Waals surface area contributed by atoms with Gasteiger partial charge in [-0.05, 0) is 60.2 Å². The van der Waals surface area contributed by atoms with Gasteiger partial charge >= 0.3 is 0 Å². The largest absolute Gasteiger partial charge is 0.484 e. The van der Waals surface area contributed by atoms with Crippen LogP contribution in [0.2, 0.25) is 10.0 Å². The van der Waals surface area contributed by atoms with Crippen LogP contribution in [-0.4, -0.2) is 24.6 Å². The van der Waals surface area contributed by atoms with E-state index in [1.807, 2.05) is 0 Å². The van der Waals surface area contributed by atoms with Gasteiger partial charge in [-0.1, -0.05) is 41.4 Å². The normalized spacial score (nSPS) is 10.6. The van der Waals surface area contributed by atoms with Crippen LogP contribution in [0.15, 0.2) is 77.9 Å². The van der Waals surface area contributed by atoms with Gasteiger partial charge in [0.05, 0.1) is 16.9 Å². The van der Waals surface area contributed by atoms with Crippen LogP contribution in [0.4, 0.5) is 5.69 Å². The van der Waals surface area contributed by atoms with E-state index in [0.717, 1.165) is 5.56 Å². The Balaban J connectivity index is 1.47. The van der Waals surface area contributed by atoms with Crippen LogP contribution in [0.25, 0.3) is 0 Å². The predicted octanol–water partition coefficient (Wildman–Crippen LogP) is 4.77. The number of nitrogens with one attached hydrogen (secondary N) is 2. The third-order valence-corrected chi connectivity index (χ3v) is 4.43. The molecule has 3 rings (SSSR count). The van der Waals surface area contributed by atoms with E-state index in [-0.39, 0.29) is 18.4 Å². The molecule has 0 bridgehead atoms. The molecule has 0 saturated carbocycles. The van der Waals surface area contributed by atoms with Gasteiger partial charge in [0, 0.05) is 10.6 Å². The topological polar surface area (TPSA) is 79.8 Å². The Kier molecular flexibility index (Phi) is 7.43. The van der Waals surface area contributed by atoms with Gasteiger partial charge < -0.3 is 10.1 Å². The highest BCUT2D eigenvalue weighted by Gasteiger charge is 2.06. The summed E-state index contributed by atoms with van der Waals surface area (Å²) in [5.41, 5.74) is 4.12. The van der Waals surface area contributed by atoms with Crippen molar-refractivity contribution in [3.63, 3.8) is 0 Å². The van der Waals surface area contributed by atoms with E-state index >= 15 is 0 Å². The first-order valence-electron chi connectivity index (χ1n) is 8.87. The predicted molar refractivity (Wildman–Crippen MR) is 119 cm³/mol. The molecule has 0 aromatic heterocycles. The molecule has 0 heterocycles. The number of benzene rings is 3. The standard InChI is InChI=1S/C22H17Cl2N3O3/c23-17-5-3-4-16(12-17)22(29)27-25-13-15-8-10-18(11-9-15)30-14-21(28)26-20-7-2-1-6-19(20)24/h1-13H,14H2,(H,26,28)(H,27,29)/b25-13-. The Morgan fingerprint density at radius 3 is 2.47 bits per heavy atom. The molecule has 3 aromatic rings. The number of amides is 2. The number of para-hydroxylation sites is 1. The molecule has 2 amide bonds. The zero-order valence-electron chi connectivity index (χ0n) is 15.6. The molecule has 30 heavy (non-hydrogen) atoms. The van der Waals surface area contributed by atoms with Gasteiger partial charge in [0.25, 0.3) is 11.8 Å². The smallest absolute Gasteiger partial charge is 0.271 e. The fraction of sp³-hybridized carbons (Fsp3) is 0.0455. The van der Waals surface area contributed by atoms with E-state index in [9.17, 15) is 9.59 Å². The van der Waals surface area contributed by atoms with E-state index in [0.29, 0.717) is 27.0 Å². The lowest BCUT2D eigenvalue weighted by molar-refractivity contribution is -0.118. The molecule has 0 aliphatic rings. The maximum absolute atomic E-state index is 12.0. The number of carbonyl (C=O) groups is 2. The molecule has 2 N–H and O–H groups in total. The van der Waals surface area contributed by atoms with Gasteiger partial charge in [0.15, 0.2) is 6.61 Å². The Bertz CT molecular complexity index is 1070. The van der Waals surface area contributed by atoms with Crippen LogP contribution in [0.1, 0.15) is 15.9 Å². The van der Waals surface area contributed by atoms with Crippen molar-refractivity contribution in [3.8, 4) is 5.75 Å². The molecule has 0 unspecified atom stereocenters. The van der Waals surface area contributed by atoms with Crippen molar-refractivity contribution in [1.82, 2.24) is 5.43 Å². The molecule has 0 radical (unpaired) electrons. The molecule has 0 aliphatic carbocycles. The van der Waals surface area contributed by atoms with Crippen molar-refractivity contribution in [1.29, 1.82) is 0 Å². The molecule has 6 nitrogen and oxygen atoms in total. The summed E-state index contributed by atoms with van der Waals surface area (Å²) in [5, 5.41) is 7.53. The molecular weight excluding hydrogens is 425 g/mol. The van der Waals surface area contributed by atoms with E-state index in [1.54, 1.807) is 72.8 Å². The zero-order valence-corrected chi connectivity index (χ0v) is 17.2. The fourth-order valence-electron chi connectivity index (χ4n) is 2.41. The first-order chi connectivity index (χ1) is 14.5. The van der Waals surface area contributed by atoms with Crippen molar-refractivity contribution in [2.45, 2.75) is 0 Å². The van der Waals surface area contributed by atoms with Gasteiger partial charge in [0.2, 0.25) is 0 Å². The van der Waals surface area contributed by atoms with Gasteiger partial charge in [-0.15, -0.1) is 0 Å². The highest BCUT2D eigenvalue weighted by Crippen LogP contribution is 2.20. The lowest BCUT2D eigenvalue weighted by atomic mass is 10.2. The molecule has 0 aliphatic heterocycles. The Morgan fingerprint density at radius 2 is 1.73 bits per heavy atom. The number of ether oxygens (including phenoxy) is 1. The number of halogens is 2. The third kappa shape index (κ3) is 6.34. The lowest BCUT2D eigenvalue weighted by Gasteiger charge is -2.08. The summed E-state index contributed by atoms with van der Waals surface area (Å²) >= 11 is 11.9. The maximum atomic E-state index is 12.0. The minimum Gasteiger partial charge on any atom is -0.484 e. The van der Waals surface area contributed by atoms with Gasteiger partial charge in [-0.2, -0.15) is 5.10 Å². The average Bonchev–Trinajstić information content (AvgIpc) is 2.75. The van der Waals surface area contributed by atoms with Crippen molar-refractivity contribution in [2.75, 3.05) is 11.9 Å². The second-order valence-electron chi connectivity index (χ2n) is 6.10. The molecule has 3 aromatic carbocycles. The number of hydrazone groups is 1. The van der Waals surface area contributed by atoms with Crippen molar-refractivity contribution >= 4 is 46.9 Å². The maximum Gasteiger partial charge on any atom is 0.271 e. The molecule has 0 atom stereocenters. The van der Waals surface area contributed by atoms with Crippen LogP contribution >= 0.6 is 23.2 Å². The Hall–Kier alpha value is -3.35. The molecule has 8 heteroatoms. The SMILES string of the molecule is O=C(COc1ccc(/C=N\NC(=O)c2cccc(Cl)c2)cc1)Nc1ccccc1Cl. The minimum atomic E-state index is -0.363. The molecule has 0 saturated heterocycles. The monoisotopic (exact) mass is 441 g/mol. The summed E-state index contributed by atoms with van der Waals surface area (Å²) in [7, 11) is 0. The number of hydrogen-bond donors (Lipinski definition) is 2. The third-order valence-electron chi connectivity index (χ3n) is 3.86. The Morgan fingerprint density at radius 1 is 0.967 bits per heavy atom. The lowest BCUT2D eigenvalue weighted by Crippen LogP contribution is -2.20. The van der Waals surface area contributed by atoms with Crippen molar-refractivity contribution in [2.24, 2.45) is 5.10 Å². The molecular formula is C22H17Cl2N3O3. The molecule has 0 spiro atoms. The van der Waals surface area contributed by atoms with Gasteiger partial charge in [0.1, 0.15) is 5.75 Å². The van der Waals surface area contributed by atoms with Crippen LogP contribution in [0.3, 0.4) is 0 Å². The number of anilines is 1. The number of nitrogens with zero attached hydrogens (tertiary/aromatic N) is 1. The second-order valence-corrected chi connectivity index (χ2v) is 6.94.